The Kier molecular flexibility index (Phi) is 2.58. The maximum absolute atomic E-state index is 12.2. The lowest BCUT2D eigenvalue weighted by atomic mass is 9.89. The number of aliphatic carboxylic acids is 1. The number of carboxylic acid groups (broad SMARTS) is 1. The van der Waals surface area contributed by atoms with E-state index in [2.05, 4.69) is 5.32 Å². The van der Waals surface area contributed by atoms with E-state index in [-0.39, 0.29) is 23.9 Å². The largest absolute Gasteiger partial charge is 0.481 e. The van der Waals surface area contributed by atoms with Crippen molar-refractivity contribution in [2.24, 2.45) is 11.8 Å². The van der Waals surface area contributed by atoms with Crippen LogP contribution in [-0.4, -0.2) is 47.1 Å². The van der Waals surface area contributed by atoms with Gasteiger partial charge in [0.15, 0.2) is 0 Å². The van der Waals surface area contributed by atoms with Crippen LogP contribution in [0.5, 0.6) is 0 Å². The van der Waals surface area contributed by atoms with E-state index in [1.807, 2.05) is 4.90 Å². The van der Waals surface area contributed by atoms with Crippen LogP contribution in [0.4, 0.5) is 0 Å². The highest BCUT2D eigenvalue weighted by Gasteiger charge is 2.51. The Labute approximate surface area is 100 Å². The molecular formula is C12H18N2O3. The molecule has 3 heterocycles. The van der Waals surface area contributed by atoms with E-state index in [1.54, 1.807) is 0 Å². The summed E-state index contributed by atoms with van der Waals surface area (Å²) >= 11 is 0. The lowest BCUT2D eigenvalue weighted by Crippen LogP contribution is -2.46. The zero-order valence-electron chi connectivity index (χ0n) is 9.76. The zero-order chi connectivity index (χ0) is 12.0. The van der Waals surface area contributed by atoms with Crippen molar-refractivity contribution >= 4 is 11.9 Å². The van der Waals surface area contributed by atoms with Crippen molar-refractivity contribution in [3.63, 3.8) is 0 Å². The summed E-state index contributed by atoms with van der Waals surface area (Å²) in [6.45, 7) is 1.86. The van der Waals surface area contributed by atoms with Crippen LogP contribution in [0.25, 0.3) is 0 Å². The number of fused-ring (bicyclic) bond motifs is 2. The summed E-state index contributed by atoms with van der Waals surface area (Å²) in [5, 5.41) is 12.3. The van der Waals surface area contributed by atoms with Gasteiger partial charge in [0, 0.05) is 18.5 Å². The third-order valence-corrected chi connectivity index (χ3v) is 4.47. The molecule has 3 fully saturated rings. The lowest BCUT2D eigenvalue weighted by molar-refractivity contribution is -0.143. The fourth-order valence-corrected chi connectivity index (χ4v) is 3.49. The van der Waals surface area contributed by atoms with Gasteiger partial charge in [0.2, 0.25) is 5.91 Å². The zero-order valence-corrected chi connectivity index (χ0v) is 9.76. The monoisotopic (exact) mass is 238 g/mol. The van der Waals surface area contributed by atoms with Crippen molar-refractivity contribution in [3.05, 3.63) is 0 Å². The molecule has 1 amide bonds. The number of carbonyl (C=O) groups is 2. The van der Waals surface area contributed by atoms with Gasteiger partial charge in [0.25, 0.3) is 0 Å². The summed E-state index contributed by atoms with van der Waals surface area (Å²) in [5.74, 6) is -0.420. The minimum Gasteiger partial charge on any atom is -0.481 e. The first kappa shape index (κ1) is 11.0. The molecule has 0 saturated carbocycles. The van der Waals surface area contributed by atoms with Gasteiger partial charge in [0.1, 0.15) is 0 Å². The number of nitrogens with one attached hydrogen (secondary N) is 1. The molecule has 3 rings (SSSR count). The normalized spacial score (nSPS) is 36.0. The molecule has 2 bridgehead atoms. The molecule has 5 heteroatoms. The van der Waals surface area contributed by atoms with Crippen molar-refractivity contribution < 1.29 is 14.7 Å². The number of hydrogen-bond acceptors (Lipinski definition) is 3. The highest BCUT2D eigenvalue weighted by atomic mass is 16.4. The van der Waals surface area contributed by atoms with Crippen LogP contribution < -0.4 is 5.32 Å². The van der Waals surface area contributed by atoms with E-state index in [4.69, 9.17) is 5.11 Å². The first-order valence-electron chi connectivity index (χ1n) is 6.41. The SMILES string of the molecule is O=C(O)C1CC2CCC1N2C(=O)CC1CNC1. The second kappa shape index (κ2) is 3.98. The Hall–Kier alpha value is -1.10. The average Bonchev–Trinajstić information content (AvgIpc) is 2.80. The van der Waals surface area contributed by atoms with E-state index in [9.17, 15) is 9.59 Å². The second-order valence-electron chi connectivity index (χ2n) is 5.51. The summed E-state index contributed by atoms with van der Waals surface area (Å²) in [7, 11) is 0. The molecule has 3 atom stereocenters. The number of hydrogen-bond donors (Lipinski definition) is 2. The first-order chi connectivity index (χ1) is 8.16. The van der Waals surface area contributed by atoms with Crippen LogP contribution in [0, 0.1) is 11.8 Å². The summed E-state index contributed by atoms with van der Waals surface area (Å²) in [5.41, 5.74) is 0. The minimum absolute atomic E-state index is 0.0296. The summed E-state index contributed by atoms with van der Waals surface area (Å²) < 4.78 is 0. The Bertz CT molecular complexity index is 354. The molecule has 3 unspecified atom stereocenters. The van der Waals surface area contributed by atoms with Crippen molar-refractivity contribution in [3.8, 4) is 0 Å². The molecule has 0 aromatic carbocycles. The molecule has 0 aromatic heterocycles. The molecule has 3 saturated heterocycles. The molecule has 3 aliphatic rings. The van der Waals surface area contributed by atoms with Crippen molar-refractivity contribution in [1.29, 1.82) is 0 Å². The highest BCUT2D eigenvalue weighted by Crippen LogP contribution is 2.42. The van der Waals surface area contributed by atoms with E-state index in [0.29, 0.717) is 18.8 Å². The standard InChI is InChI=1S/C12H18N2O3/c15-11(3-7-5-13-6-7)14-8-1-2-10(14)9(4-8)12(16)17/h7-10,13H,1-6H2,(H,16,17). The van der Waals surface area contributed by atoms with Crippen LogP contribution in [0.3, 0.4) is 0 Å². The minimum atomic E-state index is -0.736. The van der Waals surface area contributed by atoms with Gasteiger partial charge in [-0.1, -0.05) is 0 Å². The fourth-order valence-electron chi connectivity index (χ4n) is 3.49. The molecule has 0 radical (unpaired) electrons. The Morgan fingerprint density at radius 2 is 2.06 bits per heavy atom. The molecular weight excluding hydrogens is 220 g/mol. The molecule has 0 spiro atoms. The van der Waals surface area contributed by atoms with Crippen LogP contribution in [0.2, 0.25) is 0 Å². The highest BCUT2D eigenvalue weighted by molar-refractivity contribution is 5.81. The van der Waals surface area contributed by atoms with E-state index in [0.717, 1.165) is 25.9 Å². The Balaban J connectivity index is 1.67. The smallest absolute Gasteiger partial charge is 0.308 e. The maximum atomic E-state index is 12.2. The van der Waals surface area contributed by atoms with Crippen molar-refractivity contribution in [2.75, 3.05) is 13.1 Å². The van der Waals surface area contributed by atoms with Gasteiger partial charge in [-0.3, -0.25) is 9.59 Å². The summed E-state index contributed by atoms with van der Waals surface area (Å²) in [6, 6.07) is 0.166. The van der Waals surface area contributed by atoms with Crippen LogP contribution in [0.1, 0.15) is 25.7 Å². The van der Waals surface area contributed by atoms with Crippen LogP contribution in [0.15, 0.2) is 0 Å². The average molecular weight is 238 g/mol. The predicted molar refractivity (Wildman–Crippen MR) is 60.4 cm³/mol. The molecule has 0 aliphatic carbocycles. The predicted octanol–water partition coefficient (Wildman–Crippen LogP) is 0.0600. The van der Waals surface area contributed by atoms with E-state index >= 15 is 0 Å². The third kappa shape index (κ3) is 1.73. The number of nitrogens with zero attached hydrogens (tertiary/aromatic N) is 1. The Morgan fingerprint density at radius 3 is 2.59 bits per heavy atom. The second-order valence-corrected chi connectivity index (χ2v) is 5.51. The molecule has 17 heavy (non-hydrogen) atoms. The van der Waals surface area contributed by atoms with E-state index in [1.165, 1.54) is 0 Å². The van der Waals surface area contributed by atoms with E-state index < -0.39 is 5.97 Å². The summed E-state index contributed by atoms with van der Waals surface area (Å²) in [6.07, 6.45) is 3.11. The van der Waals surface area contributed by atoms with Crippen LogP contribution >= 0.6 is 0 Å². The number of carbonyl (C=O) groups excluding carboxylic acids is 1. The van der Waals surface area contributed by atoms with Gasteiger partial charge in [-0.25, -0.2) is 0 Å². The van der Waals surface area contributed by atoms with Crippen molar-refractivity contribution in [1.82, 2.24) is 10.2 Å². The third-order valence-electron chi connectivity index (χ3n) is 4.47. The van der Waals surface area contributed by atoms with Crippen LogP contribution in [-0.2, 0) is 9.59 Å². The quantitative estimate of drug-likeness (QED) is 0.729. The molecule has 2 N–H and O–H groups in total. The van der Waals surface area contributed by atoms with Gasteiger partial charge in [-0.2, -0.15) is 0 Å². The first-order valence-corrected chi connectivity index (χ1v) is 6.41. The Morgan fingerprint density at radius 1 is 1.29 bits per heavy atom. The van der Waals surface area contributed by atoms with Crippen molar-refractivity contribution in [2.45, 2.75) is 37.8 Å². The molecule has 3 aliphatic heterocycles. The summed E-state index contributed by atoms with van der Waals surface area (Å²) in [4.78, 5) is 25.2. The van der Waals surface area contributed by atoms with Gasteiger partial charge >= 0.3 is 5.97 Å². The lowest BCUT2D eigenvalue weighted by Gasteiger charge is -2.30. The molecule has 0 aromatic rings. The van der Waals surface area contributed by atoms with Gasteiger partial charge < -0.3 is 15.3 Å². The van der Waals surface area contributed by atoms with Gasteiger partial charge in [-0.15, -0.1) is 0 Å². The molecule has 94 valence electrons. The maximum Gasteiger partial charge on any atom is 0.308 e. The van der Waals surface area contributed by atoms with Gasteiger partial charge in [-0.05, 0) is 38.3 Å². The number of carboxylic acids is 1. The molecule has 5 nitrogen and oxygen atoms in total. The fraction of sp³-hybridized carbons (Fsp3) is 0.833. The number of rotatable bonds is 3. The number of amides is 1. The topological polar surface area (TPSA) is 69.6 Å². The van der Waals surface area contributed by atoms with Gasteiger partial charge in [0.05, 0.1) is 5.92 Å².